The maximum Gasteiger partial charge on any atom is 0.371 e. The molecule has 106 valence electrons. The molecule has 0 amide bonds. The lowest BCUT2D eigenvalue weighted by Crippen LogP contribution is -2.27. The number of hydrogen-bond acceptors (Lipinski definition) is 6. The number of carbonyl (C=O) groups is 2. The van der Waals surface area contributed by atoms with E-state index in [1.165, 1.54) is 19.2 Å². The zero-order chi connectivity index (χ0) is 14.5. The van der Waals surface area contributed by atoms with Crippen LogP contribution in [0.4, 0.5) is 0 Å². The molecule has 0 unspecified atom stereocenters. The summed E-state index contributed by atoms with van der Waals surface area (Å²) in [6.45, 7) is -0.184. The SMILES string of the molecule is COC(=O)CCS(=O)(=O)NCc1ccc(C(=O)O)o1. The lowest BCUT2D eigenvalue weighted by molar-refractivity contribution is -0.140. The van der Waals surface area contributed by atoms with Crippen molar-refractivity contribution in [3.05, 3.63) is 23.7 Å². The molecule has 0 saturated carbocycles. The summed E-state index contributed by atoms with van der Waals surface area (Å²) >= 11 is 0. The number of furan rings is 1. The van der Waals surface area contributed by atoms with Gasteiger partial charge in [-0.15, -0.1) is 0 Å². The van der Waals surface area contributed by atoms with E-state index in [1.54, 1.807) is 0 Å². The number of ether oxygens (including phenoxy) is 1. The first-order valence-corrected chi connectivity index (χ1v) is 6.85. The van der Waals surface area contributed by atoms with Crippen LogP contribution in [-0.4, -0.2) is 38.3 Å². The second kappa shape index (κ2) is 6.34. The molecule has 0 spiro atoms. The molecule has 0 aliphatic carbocycles. The van der Waals surface area contributed by atoms with E-state index in [0.29, 0.717) is 0 Å². The number of esters is 1. The maximum absolute atomic E-state index is 11.5. The van der Waals surface area contributed by atoms with Gasteiger partial charge in [0.15, 0.2) is 0 Å². The molecule has 9 heteroatoms. The Kier molecular flexibility index (Phi) is 5.07. The van der Waals surface area contributed by atoms with Gasteiger partial charge in [-0.05, 0) is 12.1 Å². The fraction of sp³-hybridized carbons (Fsp3) is 0.400. The molecule has 8 nitrogen and oxygen atoms in total. The van der Waals surface area contributed by atoms with Gasteiger partial charge in [0, 0.05) is 0 Å². The predicted molar refractivity (Wildman–Crippen MR) is 62.9 cm³/mol. The highest BCUT2D eigenvalue weighted by atomic mass is 32.2. The molecule has 2 N–H and O–H groups in total. The molecule has 0 aromatic carbocycles. The number of carboxylic acid groups (broad SMARTS) is 1. The molecule has 0 aliphatic heterocycles. The molecule has 19 heavy (non-hydrogen) atoms. The van der Waals surface area contributed by atoms with Gasteiger partial charge in [-0.25, -0.2) is 17.9 Å². The molecule has 1 aromatic rings. The van der Waals surface area contributed by atoms with Gasteiger partial charge in [0.2, 0.25) is 15.8 Å². The Morgan fingerprint density at radius 3 is 2.63 bits per heavy atom. The fourth-order valence-electron chi connectivity index (χ4n) is 1.16. The highest BCUT2D eigenvalue weighted by molar-refractivity contribution is 7.89. The Balaban J connectivity index is 2.50. The highest BCUT2D eigenvalue weighted by Crippen LogP contribution is 2.08. The summed E-state index contributed by atoms with van der Waals surface area (Å²) in [4.78, 5) is 21.4. The summed E-state index contributed by atoms with van der Waals surface area (Å²) in [6.07, 6.45) is -0.260. The highest BCUT2D eigenvalue weighted by Gasteiger charge is 2.15. The summed E-state index contributed by atoms with van der Waals surface area (Å²) < 4.78 is 34.4. The van der Waals surface area contributed by atoms with E-state index in [9.17, 15) is 18.0 Å². The Morgan fingerprint density at radius 1 is 1.42 bits per heavy atom. The molecule has 0 saturated heterocycles. The van der Waals surface area contributed by atoms with Crippen molar-refractivity contribution in [1.82, 2.24) is 4.72 Å². The number of carbonyl (C=O) groups excluding carboxylic acids is 1. The average Bonchev–Trinajstić information content (AvgIpc) is 2.83. The number of sulfonamides is 1. The minimum atomic E-state index is -3.65. The van der Waals surface area contributed by atoms with Crippen LogP contribution in [0, 0.1) is 0 Å². The molecular formula is C10H13NO7S. The molecule has 1 heterocycles. The lowest BCUT2D eigenvalue weighted by Gasteiger charge is -2.04. The van der Waals surface area contributed by atoms with Crippen LogP contribution in [0.15, 0.2) is 16.5 Å². The van der Waals surface area contributed by atoms with Crippen molar-refractivity contribution in [1.29, 1.82) is 0 Å². The number of aromatic carboxylic acids is 1. The second-order valence-electron chi connectivity index (χ2n) is 3.54. The fourth-order valence-corrected chi connectivity index (χ4v) is 2.10. The third-order valence-electron chi connectivity index (χ3n) is 2.14. The van der Waals surface area contributed by atoms with Gasteiger partial charge < -0.3 is 14.3 Å². The lowest BCUT2D eigenvalue weighted by atomic mass is 10.4. The maximum atomic E-state index is 11.5. The molecule has 0 radical (unpaired) electrons. The molecule has 0 atom stereocenters. The minimum Gasteiger partial charge on any atom is -0.475 e. The van der Waals surface area contributed by atoms with Gasteiger partial charge in [-0.2, -0.15) is 0 Å². The molecule has 0 aliphatic rings. The third-order valence-corrected chi connectivity index (χ3v) is 3.47. The van der Waals surface area contributed by atoms with Crippen molar-refractivity contribution in [2.75, 3.05) is 12.9 Å². The second-order valence-corrected chi connectivity index (χ2v) is 5.46. The van der Waals surface area contributed by atoms with E-state index in [-0.39, 0.29) is 24.5 Å². The summed E-state index contributed by atoms with van der Waals surface area (Å²) in [6, 6.07) is 2.58. The number of rotatable bonds is 7. The van der Waals surface area contributed by atoms with Crippen LogP contribution < -0.4 is 4.72 Å². The zero-order valence-corrected chi connectivity index (χ0v) is 10.9. The normalized spacial score (nSPS) is 11.2. The van der Waals surface area contributed by atoms with Gasteiger partial charge >= 0.3 is 11.9 Å². The van der Waals surface area contributed by atoms with Crippen LogP contribution in [0.3, 0.4) is 0 Å². The van der Waals surface area contributed by atoms with E-state index in [2.05, 4.69) is 9.46 Å². The first-order valence-electron chi connectivity index (χ1n) is 5.20. The van der Waals surface area contributed by atoms with Crippen LogP contribution >= 0.6 is 0 Å². The van der Waals surface area contributed by atoms with Gasteiger partial charge in [0.1, 0.15) is 5.76 Å². The van der Waals surface area contributed by atoms with Crippen molar-refractivity contribution in [3.8, 4) is 0 Å². The van der Waals surface area contributed by atoms with E-state index in [0.717, 1.165) is 0 Å². The number of carboxylic acids is 1. The number of methoxy groups -OCH3 is 1. The first kappa shape index (κ1) is 15.2. The van der Waals surface area contributed by atoms with Gasteiger partial charge in [-0.1, -0.05) is 0 Å². The van der Waals surface area contributed by atoms with Crippen LogP contribution in [0.25, 0.3) is 0 Å². The van der Waals surface area contributed by atoms with E-state index >= 15 is 0 Å². The molecule has 1 rings (SSSR count). The third kappa shape index (κ3) is 5.10. The smallest absolute Gasteiger partial charge is 0.371 e. The van der Waals surface area contributed by atoms with E-state index < -0.39 is 27.7 Å². The zero-order valence-electron chi connectivity index (χ0n) is 10.1. The van der Waals surface area contributed by atoms with Gasteiger partial charge in [0.05, 0.1) is 25.8 Å². The molecular weight excluding hydrogens is 278 g/mol. The Morgan fingerprint density at radius 2 is 2.11 bits per heavy atom. The summed E-state index contributed by atoms with van der Waals surface area (Å²) in [5, 5.41) is 8.61. The average molecular weight is 291 g/mol. The van der Waals surface area contributed by atoms with E-state index in [1.807, 2.05) is 0 Å². The predicted octanol–water partition coefficient (Wildman–Crippen LogP) is -0.0397. The molecule has 0 bridgehead atoms. The Labute approximate surface area is 109 Å². The molecule has 1 aromatic heterocycles. The van der Waals surface area contributed by atoms with Gasteiger partial charge in [0.25, 0.3) is 0 Å². The minimum absolute atomic E-state index is 0.166. The quantitative estimate of drug-likeness (QED) is 0.675. The van der Waals surface area contributed by atoms with Crippen molar-refractivity contribution < 1.29 is 32.3 Å². The van der Waals surface area contributed by atoms with Crippen LogP contribution in [0.1, 0.15) is 22.7 Å². The topological polar surface area (TPSA) is 123 Å². The van der Waals surface area contributed by atoms with Crippen molar-refractivity contribution in [2.45, 2.75) is 13.0 Å². The van der Waals surface area contributed by atoms with Crippen LogP contribution in [0.5, 0.6) is 0 Å². The summed E-state index contributed by atoms with van der Waals surface area (Å²) in [7, 11) is -2.49. The van der Waals surface area contributed by atoms with Crippen LogP contribution in [-0.2, 0) is 26.1 Å². The van der Waals surface area contributed by atoms with E-state index in [4.69, 9.17) is 9.52 Å². The van der Waals surface area contributed by atoms with Crippen molar-refractivity contribution in [3.63, 3.8) is 0 Å². The Bertz CT molecular complexity index is 560. The summed E-state index contributed by atoms with van der Waals surface area (Å²) in [5.41, 5.74) is 0. The van der Waals surface area contributed by atoms with Crippen LogP contribution in [0.2, 0.25) is 0 Å². The largest absolute Gasteiger partial charge is 0.475 e. The van der Waals surface area contributed by atoms with Crippen molar-refractivity contribution in [2.24, 2.45) is 0 Å². The number of nitrogens with one attached hydrogen (secondary N) is 1. The monoisotopic (exact) mass is 291 g/mol. The summed E-state index contributed by atoms with van der Waals surface area (Å²) in [5.74, 6) is -2.38. The standard InChI is InChI=1S/C10H13NO7S/c1-17-9(12)4-5-19(15,16)11-6-7-2-3-8(18-7)10(13)14/h2-3,11H,4-6H2,1H3,(H,13,14). The molecule has 0 fully saturated rings. The Hall–Kier alpha value is -1.87. The van der Waals surface area contributed by atoms with Gasteiger partial charge in [-0.3, -0.25) is 4.79 Å². The van der Waals surface area contributed by atoms with Crippen molar-refractivity contribution >= 4 is 22.0 Å². The number of hydrogen-bond donors (Lipinski definition) is 2. The first-order chi connectivity index (χ1) is 8.84.